The molecule has 0 saturated heterocycles. The summed E-state index contributed by atoms with van der Waals surface area (Å²) < 4.78 is 43.1. The van der Waals surface area contributed by atoms with E-state index >= 15 is 0 Å². The zero-order chi connectivity index (χ0) is 19.0. The summed E-state index contributed by atoms with van der Waals surface area (Å²) >= 11 is 0. The molecule has 0 radical (unpaired) electrons. The van der Waals surface area contributed by atoms with Gasteiger partial charge in [-0.05, 0) is 29.8 Å². The van der Waals surface area contributed by atoms with Crippen molar-refractivity contribution in [1.29, 1.82) is 0 Å². The SMILES string of the molecule is CN=C(NCCNC(=O)c1ccco1)NCc1cccc(C(F)(F)F)c1. The van der Waals surface area contributed by atoms with Crippen LogP contribution in [-0.4, -0.2) is 32.0 Å². The van der Waals surface area contributed by atoms with Gasteiger partial charge in [0.25, 0.3) is 5.91 Å². The van der Waals surface area contributed by atoms with Crippen molar-refractivity contribution in [2.75, 3.05) is 20.1 Å². The summed E-state index contributed by atoms with van der Waals surface area (Å²) in [5, 5.41) is 8.54. The summed E-state index contributed by atoms with van der Waals surface area (Å²) in [6.45, 7) is 0.890. The molecule has 2 aromatic rings. The molecule has 0 aliphatic rings. The second kappa shape index (κ2) is 8.93. The van der Waals surface area contributed by atoms with Crippen LogP contribution < -0.4 is 16.0 Å². The molecular weight excluding hydrogens is 349 g/mol. The van der Waals surface area contributed by atoms with E-state index < -0.39 is 11.7 Å². The standard InChI is InChI=1S/C17H19F3N4O2/c1-21-16(23-8-7-22-15(25)14-6-3-9-26-14)24-11-12-4-2-5-13(10-12)17(18,19)20/h2-6,9-10H,7-8,11H2,1H3,(H,22,25)(H2,21,23,24). The van der Waals surface area contributed by atoms with Gasteiger partial charge in [-0.25, -0.2) is 0 Å². The van der Waals surface area contributed by atoms with Crippen LogP contribution in [0.5, 0.6) is 0 Å². The van der Waals surface area contributed by atoms with Gasteiger partial charge in [0.15, 0.2) is 11.7 Å². The number of carbonyl (C=O) groups excluding carboxylic acids is 1. The average molecular weight is 368 g/mol. The lowest BCUT2D eigenvalue weighted by Crippen LogP contribution is -2.41. The van der Waals surface area contributed by atoms with E-state index in [1.54, 1.807) is 25.2 Å². The van der Waals surface area contributed by atoms with Gasteiger partial charge >= 0.3 is 6.18 Å². The number of guanidine groups is 1. The maximum atomic E-state index is 12.7. The highest BCUT2D eigenvalue weighted by Gasteiger charge is 2.30. The number of carbonyl (C=O) groups is 1. The summed E-state index contributed by atoms with van der Waals surface area (Å²) in [7, 11) is 1.54. The van der Waals surface area contributed by atoms with Gasteiger partial charge in [-0.3, -0.25) is 9.79 Å². The van der Waals surface area contributed by atoms with E-state index in [4.69, 9.17) is 4.42 Å². The van der Waals surface area contributed by atoms with Crippen LogP contribution in [0.15, 0.2) is 52.1 Å². The summed E-state index contributed by atoms with van der Waals surface area (Å²) in [4.78, 5) is 15.7. The van der Waals surface area contributed by atoms with Gasteiger partial charge in [-0.1, -0.05) is 12.1 Å². The molecule has 0 atom stereocenters. The molecule has 9 heteroatoms. The molecule has 26 heavy (non-hydrogen) atoms. The second-order valence-electron chi connectivity index (χ2n) is 5.28. The molecule has 2 rings (SSSR count). The molecule has 1 heterocycles. The molecular formula is C17H19F3N4O2. The fourth-order valence-corrected chi connectivity index (χ4v) is 2.12. The molecule has 1 aromatic heterocycles. The van der Waals surface area contributed by atoms with Crippen LogP contribution in [0, 0.1) is 0 Å². The summed E-state index contributed by atoms with van der Waals surface area (Å²) in [5.74, 6) is 0.301. The molecule has 3 N–H and O–H groups in total. The Morgan fingerprint density at radius 1 is 1.12 bits per heavy atom. The van der Waals surface area contributed by atoms with Gasteiger partial charge in [0.05, 0.1) is 11.8 Å². The first-order chi connectivity index (χ1) is 12.4. The second-order valence-corrected chi connectivity index (χ2v) is 5.28. The van der Waals surface area contributed by atoms with E-state index in [1.807, 2.05) is 0 Å². The van der Waals surface area contributed by atoms with Crippen molar-refractivity contribution < 1.29 is 22.4 Å². The van der Waals surface area contributed by atoms with Crippen molar-refractivity contribution >= 4 is 11.9 Å². The molecule has 1 aromatic carbocycles. The van der Waals surface area contributed by atoms with Crippen molar-refractivity contribution in [3.63, 3.8) is 0 Å². The number of hydrogen-bond donors (Lipinski definition) is 3. The fraction of sp³-hybridized carbons (Fsp3) is 0.294. The molecule has 0 aliphatic carbocycles. The third-order valence-corrected chi connectivity index (χ3v) is 3.39. The predicted molar refractivity (Wildman–Crippen MR) is 90.7 cm³/mol. The van der Waals surface area contributed by atoms with Crippen LogP contribution in [0.2, 0.25) is 0 Å². The minimum Gasteiger partial charge on any atom is -0.459 e. The van der Waals surface area contributed by atoms with Gasteiger partial charge in [0.1, 0.15) is 0 Å². The number of rotatable bonds is 6. The van der Waals surface area contributed by atoms with Crippen molar-refractivity contribution in [2.24, 2.45) is 4.99 Å². The Bertz CT molecular complexity index is 743. The van der Waals surface area contributed by atoms with Crippen molar-refractivity contribution in [1.82, 2.24) is 16.0 Å². The molecule has 140 valence electrons. The van der Waals surface area contributed by atoms with Gasteiger partial charge in [-0.2, -0.15) is 13.2 Å². The minimum atomic E-state index is -4.37. The minimum absolute atomic E-state index is 0.183. The van der Waals surface area contributed by atoms with Crippen LogP contribution in [0.3, 0.4) is 0 Å². The average Bonchev–Trinajstić information content (AvgIpc) is 3.15. The van der Waals surface area contributed by atoms with Crippen LogP contribution in [0.25, 0.3) is 0 Å². The lowest BCUT2D eigenvalue weighted by Gasteiger charge is -2.13. The van der Waals surface area contributed by atoms with Gasteiger partial charge in [-0.15, -0.1) is 0 Å². The first kappa shape index (κ1) is 19.4. The smallest absolute Gasteiger partial charge is 0.416 e. The third-order valence-electron chi connectivity index (χ3n) is 3.39. The normalized spacial score (nSPS) is 11.9. The molecule has 0 saturated carbocycles. The van der Waals surface area contributed by atoms with E-state index in [0.29, 0.717) is 24.6 Å². The highest BCUT2D eigenvalue weighted by molar-refractivity contribution is 5.91. The van der Waals surface area contributed by atoms with Gasteiger partial charge in [0, 0.05) is 26.7 Å². The number of amides is 1. The zero-order valence-corrected chi connectivity index (χ0v) is 14.1. The van der Waals surface area contributed by atoms with Gasteiger partial charge < -0.3 is 20.4 Å². The number of furan rings is 1. The number of halogens is 3. The van der Waals surface area contributed by atoms with E-state index in [0.717, 1.165) is 12.1 Å². The number of alkyl halides is 3. The lowest BCUT2D eigenvalue weighted by atomic mass is 10.1. The third kappa shape index (κ3) is 5.83. The van der Waals surface area contributed by atoms with E-state index in [2.05, 4.69) is 20.9 Å². The Hall–Kier alpha value is -2.97. The highest BCUT2D eigenvalue weighted by atomic mass is 19.4. The maximum absolute atomic E-state index is 12.7. The summed E-state index contributed by atoms with van der Waals surface area (Å²) in [5.41, 5.74) is -0.214. The highest BCUT2D eigenvalue weighted by Crippen LogP contribution is 2.29. The van der Waals surface area contributed by atoms with Crippen LogP contribution in [0.4, 0.5) is 13.2 Å². The number of nitrogens with one attached hydrogen (secondary N) is 3. The molecule has 1 amide bonds. The largest absolute Gasteiger partial charge is 0.459 e. The van der Waals surface area contributed by atoms with E-state index in [1.165, 1.54) is 12.3 Å². The Labute approximate surface area is 148 Å². The number of hydrogen-bond acceptors (Lipinski definition) is 3. The quantitative estimate of drug-likeness (QED) is 0.416. The zero-order valence-electron chi connectivity index (χ0n) is 14.1. The Morgan fingerprint density at radius 2 is 1.88 bits per heavy atom. The number of benzene rings is 1. The van der Waals surface area contributed by atoms with E-state index in [9.17, 15) is 18.0 Å². The predicted octanol–water partition coefficient (Wildman–Crippen LogP) is 2.39. The Morgan fingerprint density at radius 3 is 2.54 bits per heavy atom. The first-order valence-corrected chi connectivity index (χ1v) is 7.82. The molecule has 0 fully saturated rings. The lowest BCUT2D eigenvalue weighted by molar-refractivity contribution is -0.137. The van der Waals surface area contributed by atoms with E-state index in [-0.39, 0.29) is 18.2 Å². The molecule has 6 nitrogen and oxygen atoms in total. The van der Waals surface area contributed by atoms with Gasteiger partial charge in [0.2, 0.25) is 0 Å². The maximum Gasteiger partial charge on any atom is 0.416 e. The van der Waals surface area contributed by atoms with Crippen molar-refractivity contribution in [3.8, 4) is 0 Å². The Kier molecular flexibility index (Phi) is 6.65. The fourth-order valence-electron chi connectivity index (χ4n) is 2.12. The number of aliphatic imine (C=N–C) groups is 1. The summed E-state index contributed by atoms with van der Waals surface area (Å²) in [6, 6.07) is 8.24. The number of nitrogens with zero attached hydrogens (tertiary/aromatic N) is 1. The molecule has 0 spiro atoms. The topological polar surface area (TPSA) is 78.7 Å². The van der Waals surface area contributed by atoms with Crippen molar-refractivity contribution in [2.45, 2.75) is 12.7 Å². The first-order valence-electron chi connectivity index (χ1n) is 7.82. The molecule has 0 unspecified atom stereocenters. The van der Waals surface area contributed by atoms with Crippen LogP contribution in [0.1, 0.15) is 21.7 Å². The van der Waals surface area contributed by atoms with Crippen molar-refractivity contribution in [3.05, 3.63) is 59.5 Å². The monoisotopic (exact) mass is 368 g/mol. The summed E-state index contributed by atoms with van der Waals surface area (Å²) in [6.07, 6.45) is -2.96. The van der Waals surface area contributed by atoms with Crippen LogP contribution in [-0.2, 0) is 12.7 Å². The van der Waals surface area contributed by atoms with Crippen LogP contribution >= 0.6 is 0 Å². The molecule has 0 aliphatic heterocycles. The molecule has 0 bridgehead atoms. The Balaban J connectivity index is 1.75.